The summed E-state index contributed by atoms with van der Waals surface area (Å²) in [5, 5.41) is 5.42. The molecule has 0 heterocycles. The third-order valence-electron chi connectivity index (χ3n) is 3.42. The quantitative estimate of drug-likeness (QED) is 0.731. The van der Waals surface area contributed by atoms with Crippen LogP contribution < -0.4 is 10.6 Å². The zero-order chi connectivity index (χ0) is 16.5. The Morgan fingerprint density at radius 2 is 1.61 bits per heavy atom. The molecule has 3 nitrogen and oxygen atoms in total. The number of carbonyl (C=O) groups excluding carboxylic acids is 1. The number of aryl methyl sites for hydroxylation is 1. The van der Waals surface area contributed by atoms with Crippen LogP contribution in [-0.4, -0.2) is 19.0 Å². The van der Waals surface area contributed by atoms with Gasteiger partial charge < -0.3 is 10.6 Å². The first kappa shape index (κ1) is 17.1. The monoisotopic (exact) mass is 318 g/mol. The van der Waals surface area contributed by atoms with Crippen molar-refractivity contribution in [1.29, 1.82) is 0 Å². The van der Waals surface area contributed by atoms with Crippen LogP contribution in [0.3, 0.4) is 0 Å². The zero-order valence-corrected chi connectivity index (χ0v) is 12.8. The van der Waals surface area contributed by atoms with Crippen LogP contribution in [0.2, 0.25) is 0 Å². The summed E-state index contributed by atoms with van der Waals surface area (Å²) >= 11 is 0. The van der Waals surface area contributed by atoms with E-state index in [0.717, 1.165) is 31.5 Å². The van der Waals surface area contributed by atoms with Crippen LogP contribution >= 0.6 is 0 Å². The third-order valence-corrected chi connectivity index (χ3v) is 3.42. The Hall–Kier alpha value is -2.27. The predicted molar refractivity (Wildman–Crippen MR) is 87.2 cm³/mol. The lowest BCUT2D eigenvalue weighted by Crippen LogP contribution is -2.23. The van der Waals surface area contributed by atoms with Crippen LogP contribution in [0.25, 0.3) is 0 Å². The molecule has 0 fully saturated rings. The Morgan fingerprint density at radius 1 is 0.913 bits per heavy atom. The van der Waals surface area contributed by atoms with Gasteiger partial charge in [0.1, 0.15) is 17.3 Å². The summed E-state index contributed by atoms with van der Waals surface area (Å²) < 4.78 is 26.8. The maximum absolute atomic E-state index is 13.4. The predicted octanol–water partition coefficient (Wildman–Crippen LogP) is 3.52. The fraction of sp³-hybridized carbons (Fsp3) is 0.278. The van der Waals surface area contributed by atoms with E-state index in [4.69, 9.17) is 0 Å². The Morgan fingerprint density at radius 3 is 2.30 bits per heavy atom. The van der Waals surface area contributed by atoms with E-state index in [1.807, 2.05) is 18.2 Å². The fourth-order valence-corrected chi connectivity index (χ4v) is 2.21. The lowest BCUT2D eigenvalue weighted by molar-refractivity contribution is -0.116. The van der Waals surface area contributed by atoms with E-state index in [9.17, 15) is 13.6 Å². The van der Waals surface area contributed by atoms with Gasteiger partial charge in [0.05, 0.1) is 0 Å². The average Bonchev–Trinajstić information content (AvgIpc) is 2.55. The molecular formula is C18H20F2N2O. The van der Waals surface area contributed by atoms with Crippen LogP contribution in [0.4, 0.5) is 14.5 Å². The Balaban J connectivity index is 1.62. The first-order valence-electron chi connectivity index (χ1n) is 7.65. The molecule has 2 aromatic rings. The summed E-state index contributed by atoms with van der Waals surface area (Å²) in [6.07, 6.45) is 2.10. The molecule has 122 valence electrons. The summed E-state index contributed by atoms with van der Waals surface area (Å²) in [5.41, 5.74) is 0.892. The summed E-state index contributed by atoms with van der Waals surface area (Å²) in [5.74, 6) is -1.95. The topological polar surface area (TPSA) is 41.1 Å². The highest BCUT2D eigenvalue weighted by Crippen LogP contribution is 2.17. The van der Waals surface area contributed by atoms with Crippen molar-refractivity contribution < 1.29 is 13.6 Å². The van der Waals surface area contributed by atoms with Crippen molar-refractivity contribution in [3.05, 3.63) is 65.7 Å². The molecular weight excluding hydrogens is 298 g/mol. The molecule has 5 heteroatoms. The van der Waals surface area contributed by atoms with E-state index in [1.165, 1.54) is 11.6 Å². The summed E-state index contributed by atoms with van der Waals surface area (Å²) in [6.45, 7) is 1.26. The third kappa shape index (κ3) is 5.79. The molecule has 0 saturated carbocycles. The molecule has 0 unspecified atom stereocenters. The summed E-state index contributed by atoms with van der Waals surface area (Å²) in [4.78, 5) is 11.7. The van der Waals surface area contributed by atoms with E-state index in [0.29, 0.717) is 6.54 Å². The van der Waals surface area contributed by atoms with E-state index < -0.39 is 17.5 Å². The number of para-hydroxylation sites is 1. The van der Waals surface area contributed by atoms with Gasteiger partial charge in [0.25, 0.3) is 0 Å². The van der Waals surface area contributed by atoms with E-state index >= 15 is 0 Å². The second-order valence-electron chi connectivity index (χ2n) is 5.23. The molecule has 0 atom stereocenters. The molecule has 2 aromatic carbocycles. The van der Waals surface area contributed by atoms with Gasteiger partial charge in [0.15, 0.2) is 0 Å². The highest BCUT2D eigenvalue weighted by Gasteiger charge is 2.11. The molecule has 0 bridgehead atoms. The molecule has 23 heavy (non-hydrogen) atoms. The number of carbonyl (C=O) groups is 1. The van der Waals surface area contributed by atoms with Crippen molar-refractivity contribution in [3.63, 3.8) is 0 Å². The van der Waals surface area contributed by atoms with E-state index in [-0.39, 0.29) is 12.1 Å². The van der Waals surface area contributed by atoms with E-state index in [1.54, 1.807) is 0 Å². The Labute approximate surface area is 134 Å². The number of rotatable bonds is 8. The van der Waals surface area contributed by atoms with Crippen molar-refractivity contribution in [2.75, 3.05) is 18.4 Å². The van der Waals surface area contributed by atoms with Crippen LogP contribution in [0.15, 0.2) is 48.5 Å². The molecule has 2 rings (SSSR count). The van der Waals surface area contributed by atoms with Crippen molar-refractivity contribution in [3.8, 4) is 0 Å². The molecule has 0 aliphatic rings. The largest absolute Gasteiger partial charge is 0.321 e. The van der Waals surface area contributed by atoms with Crippen LogP contribution in [0.5, 0.6) is 0 Å². The number of benzene rings is 2. The van der Waals surface area contributed by atoms with Gasteiger partial charge in [0.2, 0.25) is 5.91 Å². The minimum Gasteiger partial charge on any atom is -0.321 e. The normalized spacial score (nSPS) is 10.5. The van der Waals surface area contributed by atoms with Gasteiger partial charge in [-0.15, -0.1) is 0 Å². The maximum Gasteiger partial charge on any atom is 0.225 e. The van der Waals surface area contributed by atoms with Crippen molar-refractivity contribution in [1.82, 2.24) is 5.32 Å². The van der Waals surface area contributed by atoms with Crippen LogP contribution in [-0.2, 0) is 11.2 Å². The molecule has 1 amide bonds. The van der Waals surface area contributed by atoms with E-state index in [2.05, 4.69) is 22.8 Å². The number of amides is 1. The highest BCUT2D eigenvalue weighted by atomic mass is 19.1. The van der Waals surface area contributed by atoms with Gasteiger partial charge in [-0.2, -0.15) is 0 Å². The SMILES string of the molecule is O=C(CCNCCCc1ccccc1)Nc1c(F)cccc1F. The zero-order valence-electron chi connectivity index (χ0n) is 12.8. The molecule has 2 N–H and O–H groups in total. The van der Waals surface area contributed by atoms with Crippen molar-refractivity contribution in [2.45, 2.75) is 19.3 Å². The van der Waals surface area contributed by atoms with Gasteiger partial charge in [-0.3, -0.25) is 4.79 Å². The second kappa shape index (κ2) is 9.00. The van der Waals surface area contributed by atoms with Gasteiger partial charge >= 0.3 is 0 Å². The number of halogens is 2. The minimum absolute atomic E-state index is 0.166. The molecule has 0 aromatic heterocycles. The maximum atomic E-state index is 13.4. The Kier molecular flexibility index (Phi) is 6.69. The number of nitrogens with one attached hydrogen (secondary N) is 2. The lowest BCUT2D eigenvalue weighted by Gasteiger charge is -2.08. The average molecular weight is 318 g/mol. The van der Waals surface area contributed by atoms with Gasteiger partial charge in [-0.1, -0.05) is 36.4 Å². The lowest BCUT2D eigenvalue weighted by atomic mass is 10.1. The summed E-state index contributed by atoms with van der Waals surface area (Å²) in [7, 11) is 0. The first-order valence-corrected chi connectivity index (χ1v) is 7.65. The Bertz CT molecular complexity index is 612. The molecule has 0 saturated heterocycles. The number of hydrogen-bond acceptors (Lipinski definition) is 2. The summed E-state index contributed by atoms with van der Waals surface area (Å²) in [6, 6.07) is 13.6. The molecule has 0 spiro atoms. The first-order chi connectivity index (χ1) is 11.2. The van der Waals surface area contributed by atoms with Crippen molar-refractivity contribution >= 4 is 11.6 Å². The highest BCUT2D eigenvalue weighted by molar-refractivity contribution is 5.91. The van der Waals surface area contributed by atoms with Crippen LogP contribution in [0, 0.1) is 11.6 Å². The standard InChI is InChI=1S/C18H20F2N2O/c19-15-9-4-10-16(20)18(15)22-17(23)11-13-21-12-5-8-14-6-2-1-3-7-14/h1-4,6-7,9-10,21H,5,8,11-13H2,(H,22,23). The number of hydrogen-bond donors (Lipinski definition) is 2. The van der Waals surface area contributed by atoms with Gasteiger partial charge in [0, 0.05) is 13.0 Å². The molecule has 0 aliphatic carbocycles. The fourth-order valence-electron chi connectivity index (χ4n) is 2.21. The second-order valence-corrected chi connectivity index (χ2v) is 5.23. The van der Waals surface area contributed by atoms with Gasteiger partial charge in [-0.25, -0.2) is 8.78 Å². The van der Waals surface area contributed by atoms with Crippen LogP contribution in [0.1, 0.15) is 18.4 Å². The van der Waals surface area contributed by atoms with Crippen molar-refractivity contribution in [2.24, 2.45) is 0 Å². The molecule has 0 radical (unpaired) electrons. The smallest absolute Gasteiger partial charge is 0.225 e. The minimum atomic E-state index is -0.769. The molecule has 0 aliphatic heterocycles. The van der Waals surface area contributed by atoms with Gasteiger partial charge in [-0.05, 0) is 37.1 Å². The number of anilines is 1.